The number of carbonyl (C=O) groups is 4. The van der Waals surface area contributed by atoms with Crippen LogP contribution in [-0.2, 0) is 19.1 Å². The molecule has 1 aliphatic heterocycles. The van der Waals surface area contributed by atoms with E-state index >= 15 is 0 Å². The van der Waals surface area contributed by atoms with Gasteiger partial charge in [0, 0.05) is 6.54 Å². The minimum Gasteiger partial charge on any atom is -0.480 e. The molecule has 9 heteroatoms. The third-order valence-corrected chi connectivity index (χ3v) is 3.04. The van der Waals surface area contributed by atoms with Gasteiger partial charge in [0.05, 0.1) is 13.5 Å². The van der Waals surface area contributed by atoms with Gasteiger partial charge in [-0.3, -0.25) is 9.59 Å². The average molecular weight is 287 g/mol. The molecule has 0 bridgehead atoms. The van der Waals surface area contributed by atoms with Gasteiger partial charge < -0.3 is 25.8 Å². The first kappa shape index (κ1) is 15.7. The number of primary amides is 1. The summed E-state index contributed by atoms with van der Waals surface area (Å²) in [4.78, 5) is 46.3. The van der Waals surface area contributed by atoms with Crippen LogP contribution >= 0.6 is 0 Å². The monoisotopic (exact) mass is 287 g/mol. The van der Waals surface area contributed by atoms with Crippen LogP contribution in [0.3, 0.4) is 0 Å². The average Bonchev–Trinajstić information content (AvgIpc) is 2.86. The Balaban J connectivity index is 2.68. The second-order valence-electron chi connectivity index (χ2n) is 4.37. The number of hydrogen-bond acceptors (Lipinski definition) is 5. The van der Waals surface area contributed by atoms with Crippen LogP contribution in [0.2, 0.25) is 0 Å². The smallest absolute Gasteiger partial charge is 0.326 e. The second kappa shape index (κ2) is 6.73. The van der Waals surface area contributed by atoms with E-state index in [0.717, 1.165) is 7.11 Å². The van der Waals surface area contributed by atoms with E-state index in [0.29, 0.717) is 19.4 Å². The highest BCUT2D eigenvalue weighted by molar-refractivity contribution is 5.90. The molecule has 9 nitrogen and oxygen atoms in total. The highest BCUT2D eigenvalue weighted by Crippen LogP contribution is 2.17. The lowest BCUT2D eigenvalue weighted by atomic mass is 10.2. The lowest BCUT2D eigenvalue weighted by Crippen LogP contribution is -2.52. The number of amides is 3. The Kier molecular flexibility index (Phi) is 5.30. The number of methoxy groups -OCH3 is 1. The Morgan fingerprint density at radius 1 is 1.45 bits per heavy atom. The van der Waals surface area contributed by atoms with E-state index in [1.54, 1.807) is 0 Å². The molecule has 1 unspecified atom stereocenters. The third kappa shape index (κ3) is 3.84. The summed E-state index contributed by atoms with van der Waals surface area (Å²) in [6, 6.07) is -2.89. The van der Waals surface area contributed by atoms with Gasteiger partial charge in [-0.1, -0.05) is 0 Å². The van der Waals surface area contributed by atoms with Crippen molar-refractivity contribution in [3.63, 3.8) is 0 Å². The highest BCUT2D eigenvalue weighted by Gasteiger charge is 2.35. The zero-order valence-electron chi connectivity index (χ0n) is 11.0. The fourth-order valence-electron chi connectivity index (χ4n) is 1.99. The van der Waals surface area contributed by atoms with Gasteiger partial charge in [0.2, 0.25) is 5.91 Å². The summed E-state index contributed by atoms with van der Waals surface area (Å²) in [7, 11) is 1.12. The summed E-state index contributed by atoms with van der Waals surface area (Å²) in [5.74, 6) is -2.76. The molecule has 1 rings (SSSR count). The summed E-state index contributed by atoms with van der Waals surface area (Å²) in [5.41, 5.74) is 5.17. The van der Waals surface area contributed by atoms with Crippen molar-refractivity contribution < 1.29 is 29.0 Å². The number of nitrogens with zero attached hydrogens (tertiary/aromatic N) is 1. The van der Waals surface area contributed by atoms with Crippen molar-refractivity contribution in [1.82, 2.24) is 10.2 Å². The minimum atomic E-state index is -1.41. The van der Waals surface area contributed by atoms with E-state index in [2.05, 4.69) is 10.1 Å². The number of likely N-dealkylation sites (tertiary alicyclic amines) is 1. The maximum atomic E-state index is 11.9. The van der Waals surface area contributed by atoms with Crippen molar-refractivity contribution in [3.8, 4) is 0 Å². The number of nitrogens with one attached hydrogen (secondary N) is 1. The Morgan fingerprint density at radius 3 is 2.60 bits per heavy atom. The second-order valence-corrected chi connectivity index (χ2v) is 4.37. The number of ether oxygens (including phenoxy) is 1. The van der Waals surface area contributed by atoms with Gasteiger partial charge in [-0.2, -0.15) is 0 Å². The largest absolute Gasteiger partial charge is 0.480 e. The quantitative estimate of drug-likeness (QED) is 0.535. The highest BCUT2D eigenvalue weighted by atomic mass is 16.5. The molecule has 3 amide bonds. The minimum absolute atomic E-state index is 0.310. The fraction of sp³-hybridized carbons (Fsp3) is 0.636. The van der Waals surface area contributed by atoms with Gasteiger partial charge in [-0.25, -0.2) is 9.59 Å². The van der Waals surface area contributed by atoms with Crippen molar-refractivity contribution in [2.24, 2.45) is 5.73 Å². The van der Waals surface area contributed by atoms with Crippen LogP contribution in [0.4, 0.5) is 4.79 Å². The molecule has 4 N–H and O–H groups in total. The molecule has 1 aliphatic rings. The van der Waals surface area contributed by atoms with E-state index in [4.69, 9.17) is 10.8 Å². The number of carboxylic acid groups (broad SMARTS) is 1. The number of rotatable bonds is 5. The van der Waals surface area contributed by atoms with Gasteiger partial charge in [0.15, 0.2) is 0 Å². The van der Waals surface area contributed by atoms with Gasteiger partial charge >= 0.3 is 18.0 Å². The van der Waals surface area contributed by atoms with Gasteiger partial charge in [-0.15, -0.1) is 0 Å². The van der Waals surface area contributed by atoms with Crippen LogP contribution in [-0.4, -0.2) is 59.6 Å². The first-order chi connectivity index (χ1) is 9.36. The molecular weight excluding hydrogens is 270 g/mol. The molecule has 1 heterocycles. The van der Waals surface area contributed by atoms with Crippen molar-refractivity contribution in [2.75, 3.05) is 13.7 Å². The van der Waals surface area contributed by atoms with E-state index in [1.165, 1.54) is 4.90 Å². The van der Waals surface area contributed by atoms with Crippen LogP contribution in [0.15, 0.2) is 0 Å². The SMILES string of the molecule is COC(=O)C[C@H](NC(=O)N1CCCC1C(N)=O)C(=O)O. The first-order valence-electron chi connectivity index (χ1n) is 6.03. The van der Waals surface area contributed by atoms with Crippen LogP contribution in [0, 0.1) is 0 Å². The lowest BCUT2D eigenvalue weighted by Gasteiger charge is -2.24. The maximum Gasteiger partial charge on any atom is 0.326 e. The molecule has 1 fully saturated rings. The van der Waals surface area contributed by atoms with Crippen LogP contribution in [0.25, 0.3) is 0 Å². The van der Waals surface area contributed by atoms with Crippen molar-refractivity contribution in [2.45, 2.75) is 31.3 Å². The molecule has 1 saturated heterocycles. The van der Waals surface area contributed by atoms with Crippen molar-refractivity contribution in [3.05, 3.63) is 0 Å². The Hall–Kier alpha value is -2.32. The Bertz CT molecular complexity index is 424. The summed E-state index contributed by atoms with van der Waals surface area (Å²) >= 11 is 0. The number of aliphatic carboxylic acids is 1. The Morgan fingerprint density at radius 2 is 2.10 bits per heavy atom. The van der Waals surface area contributed by atoms with Crippen LogP contribution < -0.4 is 11.1 Å². The molecule has 0 aromatic rings. The van der Waals surface area contributed by atoms with Crippen LogP contribution in [0.1, 0.15) is 19.3 Å². The summed E-state index contributed by atoms with van der Waals surface area (Å²) in [5, 5.41) is 11.1. The molecular formula is C11H17N3O6. The zero-order chi connectivity index (χ0) is 15.3. The van der Waals surface area contributed by atoms with E-state index in [-0.39, 0.29) is 0 Å². The van der Waals surface area contributed by atoms with Crippen LogP contribution in [0.5, 0.6) is 0 Å². The molecule has 0 aromatic carbocycles. The molecule has 0 aliphatic carbocycles. The molecule has 0 spiro atoms. The summed E-state index contributed by atoms with van der Waals surface area (Å²) in [6.45, 7) is 0.310. The van der Waals surface area contributed by atoms with Gasteiger partial charge in [-0.05, 0) is 12.8 Å². The van der Waals surface area contributed by atoms with Crippen molar-refractivity contribution in [1.29, 1.82) is 0 Å². The number of urea groups is 1. The normalized spacial score (nSPS) is 19.2. The molecule has 112 valence electrons. The van der Waals surface area contributed by atoms with Gasteiger partial charge in [0.25, 0.3) is 0 Å². The molecule has 0 aromatic heterocycles. The summed E-state index contributed by atoms with van der Waals surface area (Å²) in [6.07, 6.45) is 0.555. The molecule has 2 atom stereocenters. The standard InChI is InChI=1S/C11H17N3O6/c1-20-8(15)5-6(10(17)18)13-11(19)14-4-2-3-7(14)9(12)16/h6-7H,2-5H2,1H3,(H2,12,16)(H,13,19)(H,17,18)/t6-,7?/m0/s1. The molecule has 20 heavy (non-hydrogen) atoms. The van der Waals surface area contributed by atoms with E-state index in [1.807, 2.05) is 0 Å². The zero-order valence-corrected chi connectivity index (χ0v) is 11.0. The van der Waals surface area contributed by atoms with Crippen molar-refractivity contribution >= 4 is 23.9 Å². The van der Waals surface area contributed by atoms with E-state index < -0.39 is 42.4 Å². The number of carbonyl (C=O) groups excluding carboxylic acids is 3. The summed E-state index contributed by atoms with van der Waals surface area (Å²) < 4.78 is 4.36. The maximum absolute atomic E-state index is 11.9. The fourth-order valence-corrected chi connectivity index (χ4v) is 1.99. The number of nitrogens with two attached hydrogens (primary N) is 1. The lowest BCUT2D eigenvalue weighted by molar-refractivity contribution is -0.147. The Labute approximate surface area is 115 Å². The van der Waals surface area contributed by atoms with E-state index in [9.17, 15) is 19.2 Å². The van der Waals surface area contributed by atoms with Gasteiger partial charge in [0.1, 0.15) is 12.1 Å². The number of hydrogen-bond donors (Lipinski definition) is 3. The predicted molar refractivity (Wildman–Crippen MR) is 65.5 cm³/mol. The first-order valence-corrected chi connectivity index (χ1v) is 6.03. The third-order valence-electron chi connectivity index (χ3n) is 3.04. The topological polar surface area (TPSA) is 139 Å². The molecule has 0 radical (unpaired) electrons. The number of carboxylic acids is 1. The predicted octanol–water partition coefficient (Wildman–Crippen LogP) is -1.34. The molecule has 0 saturated carbocycles. The number of esters is 1.